The summed E-state index contributed by atoms with van der Waals surface area (Å²) in [7, 11) is 1.37. The maximum Gasteiger partial charge on any atom is 0.351 e. The van der Waals surface area contributed by atoms with E-state index in [1.54, 1.807) is 13.8 Å². The molecule has 0 aliphatic carbocycles. The van der Waals surface area contributed by atoms with E-state index in [-0.39, 0.29) is 17.1 Å². The molecule has 1 amide bonds. The van der Waals surface area contributed by atoms with Crippen LogP contribution in [-0.4, -0.2) is 35.0 Å². The SMILES string of the molecule is COc1ccc([N+](=O)[O-])cc1NC(=O)C(C)OC(=O)c1sc(C)nc1C. The van der Waals surface area contributed by atoms with Gasteiger partial charge in [-0.05, 0) is 26.8 Å². The Balaban J connectivity index is 2.11. The summed E-state index contributed by atoms with van der Waals surface area (Å²) in [6.45, 7) is 4.85. The van der Waals surface area contributed by atoms with Crippen LogP contribution in [-0.2, 0) is 9.53 Å². The number of hydrogen-bond acceptors (Lipinski definition) is 8. The lowest BCUT2D eigenvalue weighted by molar-refractivity contribution is -0.384. The fourth-order valence-electron chi connectivity index (χ4n) is 2.13. The molecule has 2 rings (SSSR count). The molecule has 2 aromatic rings. The Morgan fingerprint density at radius 3 is 2.58 bits per heavy atom. The largest absolute Gasteiger partial charge is 0.495 e. The van der Waals surface area contributed by atoms with Crippen LogP contribution in [0.5, 0.6) is 5.75 Å². The third-order valence-corrected chi connectivity index (χ3v) is 4.45. The quantitative estimate of drug-likeness (QED) is 0.465. The summed E-state index contributed by atoms with van der Waals surface area (Å²) in [5.41, 5.74) is 0.436. The normalized spacial score (nSPS) is 11.5. The predicted molar refractivity (Wildman–Crippen MR) is 94.7 cm³/mol. The van der Waals surface area contributed by atoms with Gasteiger partial charge in [-0.25, -0.2) is 9.78 Å². The summed E-state index contributed by atoms with van der Waals surface area (Å²) >= 11 is 1.18. The minimum atomic E-state index is -1.12. The molecule has 26 heavy (non-hydrogen) atoms. The number of nitro groups is 1. The number of nitrogens with zero attached hydrogens (tertiary/aromatic N) is 2. The zero-order valence-corrected chi connectivity index (χ0v) is 15.4. The van der Waals surface area contributed by atoms with E-state index in [0.29, 0.717) is 15.6 Å². The molecular weight excluding hydrogens is 362 g/mol. The van der Waals surface area contributed by atoms with Gasteiger partial charge in [-0.3, -0.25) is 14.9 Å². The van der Waals surface area contributed by atoms with Crippen LogP contribution < -0.4 is 10.1 Å². The number of nitrogens with one attached hydrogen (secondary N) is 1. The van der Waals surface area contributed by atoms with Gasteiger partial charge in [-0.2, -0.15) is 0 Å². The summed E-state index contributed by atoms with van der Waals surface area (Å²) in [5.74, 6) is -1.05. The van der Waals surface area contributed by atoms with E-state index < -0.39 is 22.9 Å². The first-order valence-electron chi connectivity index (χ1n) is 7.51. The molecule has 0 bridgehead atoms. The first-order chi connectivity index (χ1) is 12.2. The van der Waals surface area contributed by atoms with Crippen LogP contribution in [0.4, 0.5) is 11.4 Å². The van der Waals surface area contributed by atoms with Crippen molar-refractivity contribution in [3.8, 4) is 5.75 Å². The second kappa shape index (κ2) is 7.91. The molecule has 1 heterocycles. The molecule has 0 radical (unpaired) electrons. The number of methoxy groups -OCH3 is 1. The summed E-state index contributed by atoms with van der Waals surface area (Å²) in [5, 5.41) is 14.1. The summed E-state index contributed by atoms with van der Waals surface area (Å²) in [4.78, 5) is 39.2. The van der Waals surface area contributed by atoms with Gasteiger partial charge in [-0.1, -0.05) is 0 Å². The Morgan fingerprint density at radius 1 is 1.35 bits per heavy atom. The number of anilines is 1. The van der Waals surface area contributed by atoms with Crippen molar-refractivity contribution in [1.82, 2.24) is 4.98 Å². The molecule has 1 unspecified atom stereocenters. The van der Waals surface area contributed by atoms with Gasteiger partial charge < -0.3 is 14.8 Å². The summed E-state index contributed by atoms with van der Waals surface area (Å²) in [6.07, 6.45) is -1.12. The van der Waals surface area contributed by atoms with E-state index in [2.05, 4.69) is 10.3 Å². The molecule has 0 saturated heterocycles. The average Bonchev–Trinajstić information content (AvgIpc) is 2.93. The van der Waals surface area contributed by atoms with Gasteiger partial charge in [0, 0.05) is 12.1 Å². The lowest BCUT2D eigenvalue weighted by Crippen LogP contribution is -2.30. The Bertz CT molecular complexity index is 864. The molecular formula is C16H17N3O6S. The summed E-state index contributed by atoms with van der Waals surface area (Å²) in [6, 6.07) is 3.79. The van der Waals surface area contributed by atoms with Crippen molar-refractivity contribution >= 4 is 34.6 Å². The molecule has 10 heteroatoms. The van der Waals surface area contributed by atoms with Gasteiger partial charge in [0.25, 0.3) is 11.6 Å². The molecule has 1 aromatic heterocycles. The number of esters is 1. The number of nitro benzene ring substituents is 1. The van der Waals surface area contributed by atoms with Crippen LogP contribution in [0.2, 0.25) is 0 Å². The number of rotatable bonds is 6. The number of amides is 1. The molecule has 1 N–H and O–H groups in total. The van der Waals surface area contributed by atoms with Crippen LogP contribution in [0.15, 0.2) is 18.2 Å². The number of benzene rings is 1. The maximum atomic E-state index is 12.3. The minimum Gasteiger partial charge on any atom is -0.495 e. The van der Waals surface area contributed by atoms with Crippen molar-refractivity contribution in [2.75, 3.05) is 12.4 Å². The topological polar surface area (TPSA) is 121 Å². The van der Waals surface area contributed by atoms with Crippen LogP contribution in [0.1, 0.15) is 27.3 Å². The number of carbonyl (C=O) groups excluding carboxylic acids is 2. The molecule has 1 atom stereocenters. The number of hydrogen-bond donors (Lipinski definition) is 1. The maximum absolute atomic E-state index is 12.3. The number of non-ortho nitro benzene ring substituents is 1. The van der Waals surface area contributed by atoms with E-state index in [0.717, 1.165) is 0 Å². The second-order valence-electron chi connectivity index (χ2n) is 5.33. The standard InChI is InChI=1S/C16H17N3O6S/c1-8-14(26-10(3)17-8)16(21)25-9(2)15(20)18-12-7-11(19(22)23)5-6-13(12)24-4/h5-7,9H,1-4H3,(H,18,20). The monoisotopic (exact) mass is 379 g/mol. The van der Waals surface area contributed by atoms with Crippen molar-refractivity contribution in [2.24, 2.45) is 0 Å². The average molecular weight is 379 g/mol. The predicted octanol–water partition coefficient (Wildman–Crippen LogP) is 2.86. The van der Waals surface area contributed by atoms with Crippen molar-refractivity contribution in [3.63, 3.8) is 0 Å². The third kappa shape index (κ3) is 4.33. The van der Waals surface area contributed by atoms with Gasteiger partial charge in [0.1, 0.15) is 10.6 Å². The molecule has 9 nitrogen and oxygen atoms in total. The Labute approximate surface area is 153 Å². The van der Waals surface area contributed by atoms with Crippen molar-refractivity contribution in [2.45, 2.75) is 26.9 Å². The number of carbonyl (C=O) groups is 2. The van der Waals surface area contributed by atoms with E-state index in [1.807, 2.05) is 0 Å². The van der Waals surface area contributed by atoms with Crippen LogP contribution >= 0.6 is 11.3 Å². The third-order valence-electron chi connectivity index (χ3n) is 3.39. The molecule has 0 aliphatic rings. The number of thiazole rings is 1. The van der Waals surface area contributed by atoms with Gasteiger partial charge in [0.05, 0.1) is 28.4 Å². The zero-order valence-electron chi connectivity index (χ0n) is 14.6. The van der Waals surface area contributed by atoms with E-state index in [9.17, 15) is 19.7 Å². The molecule has 138 valence electrons. The Hall–Kier alpha value is -3.01. The van der Waals surface area contributed by atoms with Crippen LogP contribution in [0, 0.1) is 24.0 Å². The van der Waals surface area contributed by atoms with E-state index in [1.165, 1.54) is 43.6 Å². The highest BCUT2D eigenvalue weighted by Gasteiger charge is 2.23. The number of aryl methyl sites for hydroxylation is 2. The molecule has 0 spiro atoms. The molecule has 1 aromatic carbocycles. The molecule has 0 fully saturated rings. The molecule has 0 aliphatic heterocycles. The summed E-state index contributed by atoms with van der Waals surface area (Å²) < 4.78 is 10.2. The van der Waals surface area contributed by atoms with Crippen LogP contribution in [0.3, 0.4) is 0 Å². The first-order valence-corrected chi connectivity index (χ1v) is 8.33. The lowest BCUT2D eigenvalue weighted by atomic mass is 10.2. The van der Waals surface area contributed by atoms with Crippen molar-refractivity contribution in [3.05, 3.63) is 43.9 Å². The van der Waals surface area contributed by atoms with Gasteiger partial charge in [0.15, 0.2) is 6.10 Å². The van der Waals surface area contributed by atoms with Crippen LogP contribution in [0.25, 0.3) is 0 Å². The molecule has 0 saturated carbocycles. The highest BCUT2D eigenvalue weighted by molar-refractivity contribution is 7.13. The van der Waals surface area contributed by atoms with E-state index in [4.69, 9.17) is 9.47 Å². The number of aromatic nitrogens is 1. The van der Waals surface area contributed by atoms with Crippen molar-refractivity contribution in [1.29, 1.82) is 0 Å². The Morgan fingerprint density at radius 2 is 2.04 bits per heavy atom. The zero-order chi connectivity index (χ0) is 19.4. The Kier molecular flexibility index (Phi) is 5.88. The van der Waals surface area contributed by atoms with Gasteiger partial charge in [-0.15, -0.1) is 11.3 Å². The van der Waals surface area contributed by atoms with Gasteiger partial charge in [0.2, 0.25) is 0 Å². The van der Waals surface area contributed by atoms with E-state index >= 15 is 0 Å². The second-order valence-corrected chi connectivity index (χ2v) is 6.53. The van der Waals surface area contributed by atoms with Crippen molar-refractivity contribution < 1.29 is 24.0 Å². The fraction of sp³-hybridized carbons (Fsp3) is 0.312. The minimum absolute atomic E-state index is 0.111. The van der Waals surface area contributed by atoms with Gasteiger partial charge >= 0.3 is 5.97 Å². The highest BCUT2D eigenvalue weighted by atomic mass is 32.1. The lowest BCUT2D eigenvalue weighted by Gasteiger charge is -2.14. The first kappa shape index (κ1) is 19.3. The number of ether oxygens (including phenoxy) is 2. The smallest absolute Gasteiger partial charge is 0.351 e. The highest BCUT2D eigenvalue weighted by Crippen LogP contribution is 2.29. The fourth-order valence-corrected chi connectivity index (χ4v) is 2.93.